The lowest BCUT2D eigenvalue weighted by Crippen LogP contribution is -2.39. The molecule has 1 aliphatic carbocycles. The molecular formula is C16H21N3O2. The second kappa shape index (κ2) is 6.16. The van der Waals surface area contributed by atoms with E-state index in [0.29, 0.717) is 19.6 Å². The summed E-state index contributed by atoms with van der Waals surface area (Å²) in [6.45, 7) is 2.73. The van der Waals surface area contributed by atoms with Crippen molar-refractivity contribution in [1.82, 2.24) is 9.80 Å². The van der Waals surface area contributed by atoms with Crippen LogP contribution in [0.25, 0.3) is 0 Å². The van der Waals surface area contributed by atoms with Gasteiger partial charge in [-0.25, -0.2) is 4.79 Å². The molecule has 0 aromatic heterocycles. The highest BCUT2D eigenvalue weighted by atomic mass is 16.2. The molecule has 2 aliphatic rings. The van der Waals surface area contributed by atoms with Gasteiger partial charge >= 0.3 is 6.03 Å². The molecule has 0 spiro atoms. The van der Waals surface area contributed by atoms with Gasteiger partial charge in [0.05, 0.1) is 0 Å². The van der Waals surface area contributed by atoms with E-state index in [4.69, 9.17) is 0 Å². The lowest BCUT2D eigenvalue weighted by molar-refractivity contribution is -0.132. The van der Waals surface area contributed by atoms with Crippen LogP contribution in [-0.4, -0.2) is 47.9 Å². The minimum absolute atomic E-state index is 0.0816. The van der Waals surface area contributed by atoms with E-state index in [2.05, 4.69) is 5.32 Å². The van der Waals surface area contributed by atoms with E-state index in [0.717, 1.165) is 31.5 Å². The van der Waals surface area contributed by atoms with Gasteiger partial charge in [0.1, 0.15) is 0 Å². The fourth-order valence-electron chi connectivity index (χ4n) is 2.65. The van der Waals surface area contributed by atoms with Crippen LogP contribution in [0.5, 0.6) is 0 Å². The normalized spacial score (nSPS) is 19.0. The van der Waals surface area contributed by atoms with Crippen molar-refractivity contribution in [3.63, 3.8) is 0 Å². The quantitative estimate of drug-likeness (QED) is 0.906. The summed E-state index contributed by atoms with van der Waals surface area (Å²) >= 11 is 0. The molecular weight excluding hydrogens is 266 g/mol. The minimum Gasteiger partial charge on any atom is -0.341 e. The Kier molecular flexibility index (Phi) is 4.08. The number of amides is 3. The molecule has 1 saturated heterocycles. The summed E-state index contributed by atoms with van der Waals surface area (Å²) in [6.07, 6.45) is 2.92. The maximum atomic E-state index is 12.3. The zero-order valence-electron chi connectivity index (χ0n) is 12.1. The predicted octanol–water partition coefficient (Wildman–Crippen LogP) is 2.16. The molecule has 0 atom stereocenters. The lowest BCUT2D eigenvalue weighted by atomic mass is 10.3. The molecule has 0 radical (unpaired) electrons. The van der Waals surface area contributed by atoms with Crippen molar-refractivity contribution in [3.8, 4) is 0 Å². The van der Waals surface area contributed by atoms with Crippen LogP contribution in [0.4, 0.5) is 10.5 Å². The number of hydrogen-bond acceptors (Lipinski definition) is 2. The van der Waals surface area contributed by atoms with Crippen LogP contribution >= 0.6 is 0 Å². The molecule has 1 heterocycles. The fraction of sp³-hybridized carbons (Fsp3) is 0.500. The van der Waals surface area contributed by atoms with Crippen LogP contribution in [0.15, 0.2) is 30.3 Å². The Hall–Kier alpha value is -2.04. The van der Waals surface area contributed by atoms with Crippen molar-refractivity contribution in [2.45, 2.75) is 19.3 Å². The Labute approximate surface area is 124 Å². The number of para-hydroxylation sites is 1. The molecule has 3 rings (SSSR count). The molecule has 1 aromatic carbocycles. The lowest BCUT2D eigenvalue weighted by Gasteiger charge is -2.22. The van der Waals surface area contributed by atoms with Crippen molar-refractivity contribution >= 4 is 17.6 Å². The third-order valence-corrected chi connectivity index (χ3v) is 4.05. The second-order valence-electron chi connectivity index (χ2n) is 5.74. The van der Waals surface area contributed by atoms with Gasteiger partial charge in [-0.3, -0.25) is 4.79 Å². The van der Waals surface area contributed by atoms with Crippen LogP contribution in [0, 0.1) is 5.92 Å². The van der Waals surface area contributed by atoms with Crippen LogP contribution in [0.3, 0.4) is 0 Å². The number of carbonyl (C=O) groups is 2. The average Bonchev–Trinajstić information content (AvgIpc) is 3.34. The standard InChI is InChI=1S/C16H21N3O2/c20-15(13-7-8-13)18-9-4-10-19(12-11-18)16(21)17-14-5-2-1-3-6-14/h1-3,5-6,13H,4,7-12H2,(H,17,21). The highest BCUT2D eigenvalue weighted by molar-refractivity contribution is 5.89. The van der Waals surface area contributed by atoms with Crippen molar-refractivity contribution in [3.05, 3.63) is 30.3 Å². The number of hydrogen-bond donors (Lipinski definition) is 1. The molecule has 1 N–H and O–H groups in total. The Balaban J connectivity index is 1.54. The van der Waals surface area contributed by atoms with Crippen LogP contribution < -0.4 is 5.32 Å². The predicted molar refractivity (Wildman–Crippen MR) is 81.0 cm³/mol. The summed E-state index contributed by atoms with van der Waals surface area (Å²) in [5.41, 5.74) is 0.803. The largest absolute Gasteiger partial charge is 0.341 e. The number of nitrogens with zero attached hydrogens (tertiary/aromatic N) is 2. The molecule has 0 bridgehead atoms. The van der Waals surface area contributed by atoms with Gasteiger partial charge in [-0.15, -0.1) is 0 Å². The topological polar surface area (TPSA) is 52.7 Å². The van der Waals surface area contributed by atoms with E-state index in [1.54, 1.807) is 4.90 Å². The monoisotopic (exact) mass is 287 g/mol. The summed E-state index contributed by atoms with van der Waals surface area (Å²) in [7, 11) is 0. The fourth-order valence-corrected chi connectivity index (χ4v) is 2.65. The van der Waals surface area contributed by atoms with Crippen molar-refractivity contribution in [2.24, 2.45) is 5.92 Å². The molecule has 21 heavy (non-hydrogen) atoms. The molecule has 0 unspecified atom stereocenters. The van der Waals surface area contributed by atoms with E-state index in [9.17, 15) is 9.59 Å². The summed E-state index contributed by atoms with van der Waals surface area (Å²) in [4.78, 5) is 28.1. The summed E-state index contributed by atoms with van der Waals surface area (Å²) in [6, 6.07) is 9.38. The SMILES string of the molecule is O=C(Nc1ccccc1)N1CCCN(C(=O)C2CC2)CC1. The number of urea groups is 1. The third kappa shape index (κ3) is 3.54. The summed E-state index contributed by atoms with van der Waals surface area (Å²) in [5, 5.41) is 2.90. The molecule has 5 nitrogen and oxygen atoms in total. The van der Waals surface area contributed by atoms with Crippen LogP contribution in [0.2, 0.25) is 0 Å². The Morgan fingerprint density at radius 3 is 2.33 bits per heavy atom. The Morgan fingerprint density at radius 1 is 0.952 bits per heavy atom. The zero-order valence-corrected chi connectivity index (χ0v) is 12.1. The average molecular weight is 287 g/mol. The van der Waals surface area contributed by atoms with Gasteiger partial charge in [-0.05, 0) is 31.4 Å². The molecule has 1 aromatic rings. The first-order valence-electron chi connectivity index (χ1n) is 7.64. The first-order valence-corrected chi connectivity index (χ1v) is 7.64. The Morgan fingerprint density at radius 2 is 1.62 bits per heavy atom. The highest BCUT2D eigenvalue weighted by Gasteiger charge is 2.34. The number of carbonyl (C=O) groups excluding carboxylic acids is 2. The molecule has 112 valence electrons. The number of anilines is 1. The third-order valence-electron chi connectivity index (χ3n) is 4.05. The maximum absolute atomic E-state index is 12.3. The Bertz CT molecular complexity index is 514. The van der Waals surface area contributed by atoms with Gasteiger partial charge in [-0.2, -0.15) is 0 Å². The second-order valence-corrected chi connectivity index (χ2v) is 5.74. The number of rotatable bonds is 2. The van der Waals surface area contributed by atoms with Gasteiger partial charge in [0.2, 0.25) is 5.91 Å². The minimum atomic E-state index is -0.0816. The van der Waals surface area contributed by atoms with E-state index in [1.165, 1.54) is 0 Å². The van der Waals surface area contributed by atoms with Gasteiger partial charge in [0.15, 0.2) is 0 Å². The van der Waals surface area contributed by atoms with Crippen molar-refractivity contribution < 1.29 is 9.59 Å². The van der Waals surface area contributed by atoms with E-state index < -0.39 is 0 Å². The van der Waals surface area contributed by atoms with Gasteiger partial charge in [0.25, 0.3) is 0 Å². The maximum Gasteiger partial charge on any atom is 0.321 e. The first-order chi connectivity index (χ1) is 10.2. The highest BCUT2D eigenvalue weighted by Crippen LogP contribution is 2.31. The number of benzene rings is 1. The smallest absolute Gasteiger partial charge is 0.321 e. The van der Waals surface area contributed by atoms with E-state index >= 15 is 0 Å². The van der Waals surface area contributed by atoms with Gasteiger partial charge < -0.3 is 15.1 Å². The van der Waals surface area contributed by atoms with Crippen molar-refractivity contribution in [2.75, 3.05) is 31.5 Å². The summed E-state index contributed by atoms with van der Waals surface area (Å²) in [5.74, 6) is 0.537. The molecule has 1 saturated carbocycles. The molecule has 5 heteroatoms. The number of nitrogens with one attached hydrogen (secondary N) is 1. The molecule has 3 amide bonds. The van der Waals surface area contributed by atoms with E-state index in [1.807, 2.05) is 35.2 Å². The first kappa shape index (κ1) is 13.9. The van der Waals surface area contributed by atoms with Crippen LogP contribution in [0.1, 0.15) is 19.3 Å². The van der Waals surface area contributed by atoms with Crippen LogP contribution in [-0.2, 0) is 4.79 Å². The van der Waals surface area contributed by atoms with E-state index in [-0.39, 0.29) is 17.9 Å². The molecule has 2 fully saturated rings. The van der Waals surface area contributed by atoms with Gasteiger partial charge in [-0.1, -0.05) is 18.2 Å². The molecule has 1 aliphatic heterocycles. The summed E-state index contributed by atoms with van der Waals surface area (Å²) < 4.78 is 0. The zero-order chi connectivity index (χ0) is 14.7. The van der Waals surface area contributed by atoms with Gasteiger partial charge in [0, 0.05) is 37.8 Å². The van der Waals surface area contributed by atoms with Crippen molar-refractivity contribution in [1.29, 1.82) is 0 Å².